The maximum atomic E-state index is 12.0. The van der Waals surface area contributed by atoms with E-state index in [1.54, 1.807) is 31.2 Å². The Bertz CT molecular complexity index is 603. The van der Waals surface area contributed by atoms with Crippen LogP contribution in [0.25, 0.3) is 0 Å². The molecule has 1 heterocycles. The van der Waals surface area contributed by atoms with E-state index in [2.05, 4.69) is 15.5 Å². The van der Waals surface area contributed by atoms with Crippen LogP contribution < -0.4 is 10.1 Å². The fraction of sp³-hybridized carbons (Fsp3) is 0.308. The highest BCUT2D eigenvalue weighted by molar-refractivity contribution is 7.15. The molecule has 0 aliphatic heterocycles. The number of amides is 1. The molecule has 2 rings (SSSR count). The summed E-state index contributed by atoms with van der Waals surface area (Å²) in [6.45, 7) is 3.63. The number of nitrogens with one attached hydrogen (secondary N) is 1. The number of hydrogen-bond acceptors (Lipinski definition) is 5. The van der Waals surface area contributed by atoms with Gasteiger partial charge in [0.25, 0.3) is 5.91 Å². The van der Waals surface area contributed by atoms with Crippen LogP contribution in [0.1, 0.15) is 18.9 Å². The molecule has 1 aromatic carbocycles. The van der Waals surface area contributed by atoms with Crippen molar-refractivity contribution in [3.8, 4) is 5.75 Å². The standard InChI is InChI=1S/C13H14ClN3O2S/c1-3-11-16-17-13(20-11)15-12(18)8(2)19-10-7-5-4-6-9(10)14/h4-8H,3H2,1-2H3,(H,15,17,18). The first-order chi connectivity index (χ1) is 9.60. The molecule has 106 valence electrons. The number of halogens is 1. The maximum absolute atomic E-state index is 12.0. The molecule has 0 bridgehead atoms. The van der Waals surface area contributed by atoms with Crippen molar-refractivity contribution < 1.29 is 9.53 Å². The minimum atomic E-state index is -0.677. The van der Waals surface area contributed by atoms with Gasteiger partial charge < -0.3 is 4.74 Å². The van der Waals surface area contributed by atoms with Crippen LogP contribution in [0.3, 0.4) is 0 Å². The maximum Gasteiger partial charge on any atom is 0.266 e. The molecule has 2 aromatic rings. The monoisotopic (exact) mass is 311 g/mol. The third-order valence-electron chi connectivity index (χ3n) is 2.51. The number of carbonyl (C=O) groups excluding carboxylic acids is 1. The van der Waals surface area contributed by atoms with Crippen LogP contribution in [0.4, 0.5) is 5.13 Å². The van der Waals surface area contributed by atoms with Crippen molar-refractivity contribution in [2.24, 2.45) is 0 Å². The molecule has 0 saturated carbocycles. The Balaban J connectivity index is 1.97. The van der Waals surface area contributed by atoms with Crippen molar-refractivity contribution in [3.05, 3.63) is 34.3 Å². The minimum Gasteiger partial charge on any atom is -0.479 e. The normalized spacial score (nSPS) is 11.9. The highest BCUT2D eigenvalue weighted by atomic mass is 35.5. The number of rotatable bonds is 5. The van der Waals surface area contributed by atoms with Gasteiger partial charge in [-0.25, -0.2) is 0 Å². The number of nitrogens with zero attached hydrogens (tertiary/aromatic N) is 2. The first-order valence-corrected chi connectivity index (χ1v) is 7.34. The molecule has 7 heteroatoms. The molecule has 20 heavy (non-hydrogen) atoms. The van der Waals surface area contributed by atoms with Crippen LogP contribution >= 0.6 is 22.9 Å². The quantitative estimate of drug-likeness (QED) is 0.921. The zero-order chi connectivity index (χ0) is 14.5. The van der Waals surface area contributed by atoms with Crippen LogP contribution in [0, 0.1) is 0 Å². The predicted octanol–water partition coefficient (Wildman–Crippen LogP) is 3.16. The number of benzene rings is 1. The fourth-order valence-electron chi connectivity index (χ4n) is 1.44. The Hall–Kier alpha value is -1.66. The molecule has 1 unspecified atom stereocenters. The van der Waals surface area contributed by atoms with Crippen LogP contribution in [0.2, 0.25) is 5.02 Å². The largest absolute Gasteiger partial charge is 0.479 e. The van der Waals surface area contributed by atoms with Gasteiger partial charge >= 0.3 is 0 Å². The number of carbonyl (C=O) groups is 1. The summed E-state index contributed by atoms with van der Waals surface area (Å²) in [5.41, 5.74) is 0. The lowest BCUT2D eigenvalue weighted by Gasteiger charge is -2.14. The molecule has 1 amide bonds. The Morgan fingerprint density at radius 2 is 2.20 bits per heavy atom. The lowest BCUT2D eigenvalue weighted by Crippen LogP contribution is -2.30. The smallest absolute Gasteiger partial charge is 0.266 e. The minimum absolute atomic E-state index is 0.288. The third-order valence-corrected chi connectivity index (χ3v) is 3.80. The van der Waals surface area contributed by atoms with Crippen LogP contribution in [-0.2, 0) is 11.2 Å². The van der Waals surface area contributed by atoms with E-state index >= 15 is 0 Å². The molecular weight excluding hydrogens is 298 g/mol. The van der Waals surface area contributed by atoms with Crippen molar-refractivity contribution in [3.63, 3.8) is 0 Å². The average Bonchev–Trinajstić information content (AvgIpc) is 2.89. The van der Waals surface area contributed by atoms with Crippen LogP contribution in [0.15, 0.2) is 24.3 Å². The molecule has 5 nitrogen and oxygen atoms in total. The summed E-state index contributed by atoms with van der Waals surface area (Å²) in [5.74, 6) is 0.187. The SMILES string of the molecule is CCc1nnc(NC(=O)C(C)Oc2ccccc2Cl)s1. The lowest BCUT2D eigenvalue weighted by atomic mass is 10.3. The number of ether oxygens (including phenoxy) is 1. The Morgan fingerprint density at radius 1 is 1.45 bits per heavy atom. The zero-order valence-corrected chi connectivity index (χ0v) is 12.7. The van der Waals surface area contributed by atoms with E-state index in [-0.39, 0.29) is 5.91 Å². The summed E-state index contributed by atoms with van der Waals surface area (Å²) < 4.78 is 5.52. The highest BCUT2D eigenvalue weighted by Crippen LogP contribution is 2.24. The van der Waals surface area contributed by atoms with Crippen molar-refractivity contribution in [2.45, 2.75) is 26.4 Å². The number of para-hydroxylation sites is 1. The fourth-order valence-corrected chi connectivity index (χ4v) is 2.30. The van der Waals surface area contributed by atoms with Crippen molar-refractivity contribution in [1.29, 1.82) is 0 Å². The summed E-state index contributed by atoms with van der Waals surface area (Å²) >= 11 is 7.33. The third kappa shape index (κ3) is 3.68. The second kappa shape index (κ2) is 6.67. The topological polar surface area (TPSA) is 64.1 Å². The van der Waals surface area contributed by atoms with Crippen LogP contribution in [0.5, 0.6) is 5.75 Å². The Kier molecular flexibility index (Phi) is 4.92. The van der Waals surface area contributed by atoms with Crippen molar-refractivity contribution >= 4 is 34.0 Å². The second-order valence-electron chi connectivity index (χ2n) is 4.03. The summed E-state index contributed by atoms with van der Waals surface area (Å²) in [6, 6.07) is 7.02. The highest BCUT2D eigenvalue weighted by Gasteiger charge is 2.17. The predicted molar refractivity (Wildman–Crippen MR) is 79.5 cm³/mol. The van der Waals surface area contributed by atoms with Crippen molar-refractivity contribution in [1.82, 2.24) is 10.2 Å². The molecule has 1 aromatic heterocycles. The van der Waals surface area contributed by atoms with Crippen molar-refractivity contribution in [2.75, 3.05) is 5.32 Å². The lowest BCUT2D eigenvalue weighted by molar-refractivity contribution is -0.122. The molecule has 0 spiro atoms. The van der Waals surface area contributed by atoms with Gasteiger partial charge in [-0.1, -0.05) is 42.0 Å². The molecule has 0 fully saturated rings. The molecule has 0 saturated heterocycles. The van der Waals surface area contributed by atoms with E-state index in [0.717, 1.165) is 11.4 Å². The van der Waals surface area contributed by atoms with E-state index < -0.39 is 6.10 Å². The van der Waals surface area contributed by atoms with Gasteiger partial charge in [0.05, 0.1) is 5.02 Å². The number of hydrogen-bond donors (Lipinski definition) is 1. The molecular formula is C13H14ClN3O2S. The molecule has 0 radical (unpaired) electrons. The van der Waals surface area contributed by atoms with Gasteiger partial charge in [-0.15, -0.1) is 10.2 Å². The summed E-state index contributed by atoms with van der Waals surface area (Å²) in [6.07, 6.45) is 0.114. The molecule has 1 atom stereocenters. The van der Waals surface area contributed by atoms with E-state index in [1.807, 2.05) is 6.92 Å². The number of aromatic nitrogens is 2. The molecule has 1 N–H and O–H groups in total. The zero-order valence-electron chi connectivity index (χ0n) is 11.1. The Morgan fingerprint density at radius 3 is 2.85 bits per heavy atom. The van der Waals surface area contributed by atoms with E-state index in [9.17, 15) is 4.79 Å². The van der Waals surface area contributed by atoms with Gasteiger partial charge in [-0.2, -0.15) is 0 Å². The first-order valence-electron chi connectivity index (χ1n) is 6.14. The van der Waals surface area contributed by atoms with Gasteiger partial charge in [-0.3, -0.25) is 10.1 Å². The average molecular weight is 312 g/mol. The Labute approximate surface area is 125 Å². The van der Waals surface area contributed by atoms with E-state index in [4.69, 9.17) is 16.3 Å². The van der Waals surface area contributed by atoms with Gasteiger partial charge in [-0.05, 0) is 25.5 Å². The summed E-state index contributed by atoms with van der Waals surface area (Å²) in [5, 5.41) is 12.3. The number of aryl methyl sites for hydroxylation is 1. The van der Waals surface area contributed by atoms with Gasteiger partial charge in [0.1, 0.15) is 10.8 Å². The van der Waals surface area contributed by atoms with E-state index in [0.29, 0.717) is 15.9 Å². The van der Waals surface area contributed by atoms with E-state index in [1.165, 1.54) is 11.3 Å². The summed E-state index contributed by atoms with van der Waals surface area (Å²) in [7, 11) is 0. The van der Waals surface area contributed by atoms with Gasteiger partial charge in [0, 0.05) is 0 Å². The van der Waals surface area contributed by atoms with Crippen LogP contribution in [-0.4, -0.2) is 22.2 Å². The van der Waals surface area contributed by atoms with Gasteiger partial charge in [0.2, 0.25) is 5.13 Å². The first kappa shape index (κ1) is 14.7. The number of anilines is 1. The molecule has 0 aliphatic rings. The summed E-state index contributed by atoms with van der Waals surface area (Å²) in [4.78, 5) is 12.0. The molecule has 0 aliphatic carbocycles. The van der Waals surface area contributed by atoms with Gasteiger partial charge in [0.15, 0.2) is 6.10 Å². The second-order valence-corrected chi connectivity index (χ2v) is 5.50.